The molecule has 0 aliphatic heterocycles. The minimum Gasteiger partial charge on any atom is -0.465 e. The van der Waals surface area contributed by atoms with Crippen LogP contribution in [0.4, 0.5) is 0 Å². The average Bonchev–Trinajstić information content (AvgIpc) is 3.35. The van der Waals surface area contributed by atoms with Crippen molar-refractivity contribution in [2.24, 2.45) is 0 Å². The number of benzene rings is 1. The van der Waals surface area contributed by atoms with E-state index in [1.54, 1.807) is 29.2 Å². The fourth-order valence-corrected chi connectivity index (χ4v) is 4.78. The number of thioether (sulfide) groups is 1. The molecule has 160 valence electrons. The molecule has 8 nitrogen and oxygen atoms in total. The molecule has 0 amide bonds. The van der Waals surface area contributed by atoms with E-state index < -0.39 is 0 Å². The number of esters is 1. The lowest BCUT2D eigenvalue weighted by atomic mass is 10.2. The number of aromatic nitrogens is 6. The van der Waals surface area contributed by atoms with Gasteiger partial charge in [-0.05, 0) is 17.7 Å². The summed E-state index contributed by atoms with van der Waals surface area (Å²) in [5, 5.41) is 10.8. The van der Waals surface area contributed by atoms with Gasteiger partial charge in [-0.1, -0.05) is 51.4 Å². The predicted octanol–water partition coefficient (Wildman–Crippen LogP) is 5.01. The minimum atomic E-state index is -0.301. The van der Waals surface area contributed by atoms with Gasteiger partial charge < -0.3 is 4.74 Å². The molecule has 4 aromatic rings. The number of nitrogens with zero attached hydrogens (tertiary/aromatic N) is 6. The van der Waals surface area contributed by atoms with Gasteiger partial charge in [0.25, 0.3) is 0 Å². The zero-order chi connectivity index (χ0) is 22.0. The second kappa shape index (κ2) is 9.66. The van der Waals surface area contributed by atoms with E-state index in [0.717, 1.165) is 10.6 Å². The van der Waals surface area contributed by atoms with Gasteiger partial charge in [-0.25, -0.2) is 19.6 Å². The van der Waals surface area contributed by atoms with E-state index in [9.17, 15) is 4.79 Å². The molecule has 0 bridgehead atoms. The van der Waals surface area contributed by atoms with E-state index in [-0.39, 0.29) is 5.97 Å². The van der Waals surface area contributed by atoms with Crippen LogP contribution in [0.2, 0.25) is 15.1 Å². The highest BCUT2D eigenvalue weighted by atomic mass is 35.5. The SMILES string of the molecule is CC(=O)OCCSc1cnc2nc(-c3cn(Cc4cc(Cl)c(Cl)c(Cl)c4)nn3)sc2n1. The molecule has 4 rings (SSSR count). The lowest BCUT2D eigenvalue weighted by Crippen LogP contribution is -2.02. The molecule has 0 aliphatic carbocycles. The second-order valence-electron chi connectivity index (χ2n) is 6.22. The van der Waals surface area contributed by atoms with Gasteiger partial charge in [0.1, 0.15) is 22.3 Å². The van der Waals surface area contributed by atoms with Crippen molar-refractivity contribution >= 4 is 74.3 Å². The maximum absolute atomic E-state index is 10.8. The van der Waals surface area contributed by atoms with Crippen LogP contribution < -0.4 is 0 Å². The van der Waals surface area contributed by atoms with Crippen LogP contribution >= 0.6 is 57.9 Å². The normalized spacial score (nSPS) is 11.2. The molecule has 13 heteroatoms. The summed E-state index contributed by atoms with van der Waals surface area (Å²) in [6.07, 6.45) is 3.43. The Labute approximate surface area is 199 Å². The summed E-state index contributed by atoms with van der Waals surface area (Å²) >= 11 is 21.0. The van der Waals surface area contributed by atoms with Crippen LogP contribution in [0.15, 0.2) is 29.6 Å². The number of carbonyl (C=O) groups excluding carboxylic acids is 1. The molecule has 0 atom stereocenters. The largest absolute Gasteiger partial charge is 0.465 e. The Morgan fingerprint density at radius 1 is 1.23 bits per heavy atom. The number of hydrogen-bond donors (Lipinski definition) is 0. The number of thiazole rings is 1. The van der Waals surface area contributed by atoms with Crippen molar-refractivity contribution in [2.45, 2.75) is 18.5 Å². The third-order valence-corrected chi connectivity index (χ3v) is 6.91. The van der Waals surface area contributed by atoms with E-state index >= 15 is 0 Å². The lowest BCUT2D eigenvalue weighted by Gasteiger charge is -2.05. The summed E-state index contributed by atoms with van der Waals surface area (Å²) < 4.78 is 6.58. The summed E-state index contributed by atoms with van der Waals surface area (Å²) in [6, 6.07) is 3.48. The first-order valence-electron chi connectivity index (χ1n) is 8.82. The summed E-state index contributed by atoms with van der Waals surface area (Å²) in [4.78, 5) is 24.9. The average molecular weight is 516 g/mol. The van der Waals surface area contributed by atoms with Crippen molar-refractivity contribution in [1.82, 2.24) is 29.9 Å². The molecule has 0 fully saturated rings. The maximum Gasteiger partial charge on any atom is 0.302 e. The Kier molecular flexibility index (Phi) is 6.92. The zero-order valence-corrected chi connectivity index (χ0v) is 19.8. The van der Waals surface area contributed by atoms with E-state index in [0.29, 0.717) is 55.2 Å². The second-order valence-corrected chi connectivity index (χ2v) is 9.50. The molecular weight excluding hydrogens is 503 g/mol. The topological polar surface area (TPSA) is 95.7 Å². The molecular formula is C18H13Cl3N6O2S2. The molecule has 31 heavy (non-hydrogen) atoms. The van der Waals surface area contributed by atoms with Crippen molar-refractivity contribution in [3.8, 4) is 10.7 Å². The highest BCUT2D eigenvalue weighted by molar-refractivity contribution is 7.99. The highest BCUT2D eigenvalue weighted by Gasteiger charge is 2.14. The molecule has 0 saturated heterocycles. The third kappa shape index (κ3) is 5.45. The predicted molar refractivity (Wildman–Crippen MR) is 122 cm³/mol. The summed E-state index contributed by atoms with van der Waals surface area (Å²) in [5.74, 6) is 0.294. The van der Waals surface area contributed by atoms with E-state index in [1.807, 2.05) is 0 Å². The zero-order valence-electron chi connectivity index (χ0n) is 15.9. The summed E-state index contributed by atoms with van der Waals surface area (Å²) in [7, 11) is 0. The molecule has 0 saturated carbocycles. The van der Waals surface area contributed by atoms with E-state index in [4.69, 9.17) is 39.5 Å². The molecule has 0 N–H and O–H groups in total. The summed E-state index contributed by atoms with van der Waals surface area (Å²) in [5.41, 5.74) is 1.99. The molecule has 3 aromatic heterocycles. The van der Waals surface area contributed by atoms with Crippen LogP contribution in [-0.4, -0.2) is 48.3 Å². The molecule has 0 unspecified atom stereocenters. The van der Waals surface area contributed by atoms with E-state index in [1.165, 1.54) is 30.0 Å². The first kappa shape index (κ1) is 22.2. The first-order chi connectivity index (χ1) is 14.9. The molecule has 0 aliphatic rings. The first-order valence-corrected chi connectivity index (χ1v) is 11.8. The fourth-order valence-electron chi connectivity index (χ4n) is 2.58. The summed E-state index contributed by atoms with van der Waals surface area (Å²) in [6.45, 7) is 2.13. The Morgan fingerprint density at radius 3 is 2.74 bits per heavy atom. The van der Waals surface area contributed by atoms with Crippen LogP contribution in [0, 0.1) is 0 Å². The van der Waals surface area contributed by atoms with Crippen molar-refractivity contribution in [1.29, 1.82) is 0 Å². The van der Waals surface area contributed by atoms with Crippen molar-refractivity contribution < 1.29 is 9.53 Å². The van der Waals surface area contributed by atoms with Crippen LogP contribution in [-0.2, 0) is 16.1 Å². The Balaban J connectivity index is 1.48. The van der Waals surface area contributed by atoms with Crippen molar-refractivity contribution in [3.05, 3.63) is 45.2 Å². The molecule has 0 spiro atoms. The monoisotopic (exact) mass is 514 g/mol. The van der Waals surface area contributed by atoms with Crippen LogP contribution in [0.3, 0.4) is 0 Å². The molecule has 0 radical (unpaired) electrons. The Morgan fingerprint density at radius 2 is 2.00 bits per heavy atom. The van der Waals surface area contributed by atoms with Crippen LogP contribution in [0.5, 0.6) is 0 Å². The maximum atomic E-state index is 10.8. The number of halogens is 3. The fraction of sp³-hybridized carbons (Fsp3) is 0.222. The number of rotatable bonds is 7. The number of carbonyl (C=O) groups is 1. The minimum absolute atomic E-state index is 0.301. The van der Waals surface area contributed by atoms with Gasteiger partial charge in [0.05, 0.1) is 34.0 Å². The van der Waals surface area contributed by atoms with Gasteiger partial charge in [-0.15, -0.1) is 16.9 Å². The van der Waals surface area contributed by atoms with Crippen molar-refractivity contribution in [2.75, 3.05) is 12.4 Å². The highest BCUT2D eigenvalue weighted by Crippen LogP contribution is 2.32. The number of hydrogen-bond acceptors (Lipinski definition) is 9. The molecule has 3 heterocycles. The van der Waals surface area contributed by atoms with Crippen LogP contribution in [0.25, 0.3) is 21.2 Å². The van der Waals surface area contributed by atoms with Gasteiger partial charge >= 0.3 is 5.97 Å². The Hall–Kier alpha value is -1.98. The van der Waals surface area contributed by atoms with Gasteiger partial charge in [-0.2, -0.15) is 0 Å². The molecule has 1 aromatic carbocycles. The smallest absolute Gasteiger partial charge is 0.302 e. The van der Waals surface area contributed by atoms with Crippen molar-refractivity contribution in [3.63, 3.8) is 0 Å². The standard InChI is InChI=1S/C18H13Cl3N6O2S2/c1-9(28)29-2-3-30-14-6-22-16-18(23-14)31-17(24-16)13-8-27(26-25-13)7-10-4-11(19)15(21)12(20)5-10/h4-6,8H,2-3,7H2,1H3. The number of fused-ring (bicyclic) bond motifs is 1. The number of ether oxygens (including phenoxy) is 1. The van der Waals surface area contributed by atoms with Crippen LogP contribution in [0.1, 0.15) is 12.5 Å². The quantitative estimate of drug-likeness (QED) is 0.147. The van der Waals surface area contributed by atoms with Gasteiger partial charge in [0.15, 0.2) is 10.5 Å². The van der Waals surface area contributed by atoms with Gasteiger partial charge in [0, 0.05) is 12.7 Å². The van der Waals surface area contributed by atoms with E-state index in [2.05, 4.69) is 25.3 Å². The Bertz CT molecular complexity index is 1240. The third-order valence-electron chi connectivity index (χ3n) is 3.89. The van der Waals surface area contributed by atoms with Gasteiger partial charge in [-0.3, -0.25) is 4.79 Å². The lowest BCUT2D eigenvalue weighted by molar-refractivity contribution is -0.140. The van der Waals surface area contributed by atoms with Gasteiger partial charge in [0.2, 0.25) is 0 Å².